The minimum Gasteiger partial charge on any atom is -0.324 e. The molecule has 1 aliphatic heterocycles. The van der Waals surface area contributed by atoms with E-state index in [1.807, 2.05) is 0 Å². The summed E-state index contributed by atoms with van der Waals surface area (Å²) in [4.78, 5) is 40.6. The lowest BCUT2D eigenvalue weighted by Gasteiger charge is -2.13. The summed E-state index contributed by atoms with van der Waals surface area (Å²) in [6.45, 7) is 0. The van der Waals surface area contributed by atoms with Crippen LogP contribution in [0, 0.1) is 11.6 Å². The number of hydroxylamine groups is 2. The van der Waals surface area contributed by atoms with Crippen LogP contribution in [-0.4, -0.2) is 22.8 Å². The van der Waals surface area contributed by atoms with Crippen LogP contribution in [0.1, 0.15) is 31.1 Å². The van der Waals surface area contributed by atoms with E-state index in [1.165, 1.54) is 24.3 Å². The molecule has 3 rings (SSSR count). The van der Waals surface area contributed by atoms with Crippen LogP contribution in [0.3, 0.4) is 0 Å². The van der Waals surface area contributed by atoms with Crippen molar-refractivity contribution in [3.05, 3.63) is 69.7 Å². The third-order valence-electron chi connectivity index (χ3n) is 3.16. The predicted octanol–water partition coefficient (Wildman–Crippen LogP) is 2.99. The van der Waals surface area contributed by atoms with Gasteiger partial charge in [-0.15, -0.1) is 0 Å². The molecule has 1 heterocycles. The third kappa shape index (κ3) is 2.44. The van der Waals surface area contributed by atoms with Crippen LogP contribution in [0.25, 0.3) is 0 Å². The van der Waals surface area contributed by atoms with E-state index >= 15 is 0 Å². The molecule has 0 atom stereocenters. The van der Waals surface area contributed by atoms with E-state index in [1.54, 1.807) is 0 Å². The number of carbonyl (C=O) groups excluding carboxylic acids is 3. The number of hydrogen-bond donors (Lipinski definition) is 0. The van der Waals surface area contributed by atoms with Gasteiger partial charge in [-0.1, -0.05) is 28.8 Å². The molecular weight excluding hydrogens is 332 g/mol. The molecule has 1 aliphatic rings. The Morgan fingerprint density at radius 1 is 1.00 bits per heavy atom. The molecule has 23 heavy (non-hydrogen) atoms. The summed E-state index contributed by atoms with van der Waals surface area (Å²) >= 11 is 5.38. The van der Waals surface area contributed by atoms with Gasteiger partial charge < -0.3 is 4.84 Å². The number of benzene rings is 2. The van der Waals surface area contributed by atoms with E-state index in [0.29, 0.717) is 12.1 Å². The fourth-order valence-corrected chi connectivity index (χ4v) is 2.21. The fourth-order valence-electron chi connectivity index (χ4n) is 2.06. The summed E-state index contributed by atoms with van der Waals surface area (Å²) in [7, 11) is 0. The van der Waals surface area contributed by atoms with Crippen LogP contribution in [0.5, 0.6) is 0 Å². The molecule has 2 aromatic rings. The van der Waals surface area contributed by atoms with Crippen molar-refractivity contribution in [1.82, 2.24) is 5.06 Å². The van der Waals surface area contributed by atoms with Gasteiger partial charge in [0.2, 0.25) is 0 Å². The number of carbonyl (C=O) groups is 3. The van der Waals surface area contributed by atoms with Crippen molar-refractivity contribution in [1.29, 1.82) is 0 Å². The zero-order valence-corrected chi connectivity index (χ0v) is 11.9. The van der Waals surface area contributed by atoms with E-state index in [9.17, 15) is 23.2 Å². The Labute approximate surface area is 133 Å². The predicted molar refractivity (Wildman–Crippen MR) is 73.7 cm³/mol. The number of halogens is 3. The van der Waals surface area contributed by atoms with Crippen molar-refractivity contribution >= 4 is 29.4 Å². The van der Waals surface area contributed by atoms with Crippen molar-refractivity contribution in [3.8, 4) is 0 Å². The van der Waals surface area contributed by atoms with Crippen molar-refractivity contribution in [3.63, 3.8) is 0 Å². The van der Waals surface area contributed by atoms with Crippen LogP contribution in [0.15, 0.2) is 36.4 Å². The lowest BCUT2D eigenvalue weighted by Crippen LogP contribution is -2.33. The van der Waals surface area contributed by atoms with Gasteiger partial charge in [-0.05, 0) is 24.3 Å². The Bertz CT molecular complexity index is 834. The number of hydrogen-bond acceptors (Lipinski definition) is 4. The van der Waals surface area contributed by atoms with Crippen LogP contribution in [0.4, 0.5) is 8.78 Å². The summed E-state index contributed by atoms with van der Waals surface area (Å²) in [6, 6.07) is 6.94. The van der Waals surface area contributed by atoms with Gasteiger partial charge in [-0.2, -0.15) is 0 Å². The summed E-state index contributed by atoms with van der Waals surface area (Å²) in [5.41, 5.74) is -0.690. The average Bonchev–Trinajstić information content (AvgIpc) is 2.76. The monoisotopic (exact) mass is 337 g/mol. The Morgan fingerprint density at radius 2 is 1.57 bits per heavy atom. The first-order chi connectivity index (χ1) is 10.9. The number of rotatable bonds is 2. The van der Waals surface area contributed by atoms with Gasteiger partial charge in [0.15, 0.2) is 0 Å². The maximum Gasteiger partial charge on any atom is 0.367 e. The molecule has 116 valence electrons. The molecule has 5 nitrogen and oxygen atoms in total. The van der Waals surface area contributed by atoms with Gasteiger partial charge in [0.25, 0.3) is 11.8 Å². The molecule has 0 radical (unpaired) electrons. The minimum atomic E-state index is -1.40. The second kappa shape index (κ2) is 5.44. The molecule has 8 heteroatoms. The van der Waals surface area contributed by atoms with Gasteiger partial charge in [-0.3, -0.25) is 9.59 Å². The Morgan fingerprint density at radius 3 is 2.13 bits per heavy atom. The molecule has 0 aromatic heterocycles. The number of nitrogens with zero attached hydrogens (tertiary/aromatic N) is 1. The van der Waals surface area contributed by atoms with Gasteiger partial charge in [-0.25, -0.2) is 13.6 Å². The summed E-state index contributed by atoms with van der Waals surface area (Å²) in [5, 5.41) is -0.307. The van der Waals surface area contributed by atoms with E-state index in [-0.39, 0.29) is 16.2 Å². The molecule has 0 N–H and O–H groups in total. The zero-order chi connectivity index (χ0) is 16.7. The second-order valence-electron chi connectivity index (χ2n) is 4.58. The quantitative estimate of drug-likeness (QED) is 0.624. The Balaban J connectivity index is 1.89. The SMILES string of the molecule is O=C(ON1C(=O)c2ccccc2C1=O)c1cc(F)c(Cl)cc1F. The van der Waals surface area contributed by atoms with Gasteiger partial charge in [0.1, 0.15) is 17.2 Å². The molecule has 0 saturated carbocycles. The molecule has 0 aliphatic carbocycles. The van der Waals surface area contributed by atoms with Crippen molar-refractivity contribution < 1.29 is 28.0 Å². The summed E-state index contributed by atoms with van der Waals surface area (Å²) in [5.74, 6) is -5.31. The normalized spacial score (nSPS) is 13.3. The van der Waals surface area contributed by atoms with Crippen molar-refractivity contribution in [2.75, 3.05) is 0 Å². The maximum atomic E-state index is 13.7. The van der Waals surface area contributed by atoms with Gasteiger partial charge in [0.05, 0.1) is 16.1 Å². The molecule has 0 bridgehead atoms. The first-order valence-electron chi connectivity index (χ1n) is 6.25. The highest BCUT2D eigenvalue weighted by molar-refractivity contribution is 6.30. The number of fused-ring (bicyclic) bond motifs is 1. The van der Waals surface area contributed by atoms with Crippen LogP contribution in [0.2, 0.25) is 5.02 Å². The summed E-state index contributed by atoms with van der Waals surface area (Å²) in [6.07, 6.45) is 0. The standard InChI is InChI=1S/C15H6ClF2NO4/c16-10-6-11(17)9(5-12(10)18)15(22)23-19-13(20)7-3-1-2-4-8(7)14(19)21/h1-6H. The second-order valence-corrected chi connectivity index (χ2v) is 4.98. The maximum absolute atomic E-state index is 13.7. The molecule has 0 spiro atoms. The van der Waals surface area contributed by atoms with Gasteiger partial charge in [0, 0.05) is 0 Å². The van der Waals surface area contributed by atoms with E-state index < -0.39 is 40.0 Å². The van der Waals surface area contributed by atoms with Gasteiger partial charge >= 0.3 is 5.97 Å². The van der Waals surface area contributed by atoms with Crippen molar-refractivity contribution in [2.45, 2.75) is 0 Å². The highest BCUT2D eigenvalue weighted by Crippen LogP contribution is 2.25. The zero-order valence-electron chi connectivity index (χ0n) is 11.2. The lowest BCUT2D eigenvalue weighted by atomic mass is 10.1. The first kappa shape index (κ1) is 15.1. The summed E-state index contributed by atoms with van der Waals surface area (Å²) < 4.78 is 27.0. The smallest absolute Gasteiger partial charge is 0.324 e. The molecule has 0 unspecified atom stereocenters. The third-order valence-corrected chi connectivity index (χ3v) is 3.45. The molecule has 0 fully saturated rings. The van der Waals surface area contributed by atoms with E-state index in [2.05, 4.69) is 4.84 Å². The van der Waals surface area contributed by atoms with E-state index in [0.717, 1.165) is 0 Å². The Kier molecular flexibility index (Phi) is 3.57. The topological polar surface area (TPSA) is 63.7 Å². The highest BCUT2D eigenvalue weighted by Gasteiger charge is 2.39. The molecule has 2 amide bonds. The minimum absolute atomic E-state index is 0.0491. The van der Waals surface area contributed by atoms with E-state index in [4.69, 9.17) is 11.6 Å². The van der Waals surface area contributed by atoms with Crippen LogP contribution >= 0.6 is 11.6 Å². The molecule has 2 aromatic carbocycles. The van der Waals surface area contributed by atoms with Crippen LogP contribution in [-0.2, 0) is 4.84 Å². The first-order valence-corrected chi connectivity index (χ1v) is 6.62. The molecular formula is C15H6ClF2NO4. The average molecular weight is 338 g/mol. The fraction of sp³-hybridized carbons (Fsp3) is 0. The lowest BCUT2D eigenvalue weighted by molar-refractivity contribution is -0.0587. The van der Waals surface area contributed by atoms with Crippen molar-refractivity contribution in [2.24, 2.45) is 0 Å². The Hall–Kier alpha value is -2.80. The number of amides is 2. The molecule has 0 saturated heterocycles. The van der Waals surface area contributed by atoms with Crippen LogP contribution < -0.4 is 0 Å². The highest BCUT2D eigenvalue weighted by atomic mass is 35.5. The largest absolute Gasteiger partial charge is 0.367 e. The number of imide groups is 1.